The number of thiazole rings is 1. The first-order valence-electron chi connectivity index (χ1n) is 8.30. The van der Waals surface area contributed by atoms with Crippen molar-refractivity contribution in [3.05, 3.63) is 68.8 Å². The van der Waals surface area contributed by atoms with Crippen molar-refractivity contribution in [3.8, 4) is 22.3 Å². The van der Waals surface area contributed by atoms with Gasteiger partial charge in [0.15, 0.2) is 0 Å². The largest absolute Gasteiger partial charge is 1.00 e. The van der Waals surface area contributed by atoms with Gasteiger partial charge in [-0.3, -0.25) is 4.79 Å². The van der Waals surface area contributed by atoms with E-state index in [2.05, 4.69) is 10.1 Å². The van der Waals surface area contributed by atoms with Gasteiger partial charge in [-0.25, -0.2) is 4.98 Å². The van der Waals surface area contributed by atoms with Crippen LogP contribution in [0.1, 0.15) is 10.6 Å². The molecular weight excluding hydrogens is 403 g/mol. The van der Waals surface area contributed by atoms with E-state index in [1.807, 2.05) is 41.8 Å². The summed E-state index contributed by atoms with van der Waals surface area (Å²) in [7, 11) is 0. The number of thiophene rings is 1. The maximum absolute atomic E-state index is 13.0. The number of hydrogen-bond donors (Lipinski definition) is 0. The zero-order chi connectivity index (χ0) is 18.5. The van der Waals surface area contributed by atoms with E-state index in [-0.39, 0.29) is 41.0 Å². The summed E-state index contributed by atoms with van der Waals surface area (Å²) in [5.41, 5.74) is 2.07. The van der Waals surface area contributed by atoms with Crippen LogP contribution >= 0.6 is 22.7 Å². The minimum Gasteiger partial charge on any atom is -0.860 e. The van der Waals surface area contributed by atoms with E-state index in [1.165, 1.54) is 22.1 Å². The number of rotatable bonds is 3. The third kappa shape index (κ3) is 3.11. The minimum absolute atomic E-state index is 0. The number of fused-ring (bicyclic) bond motifs is 2. The number of hydrogen-bond acceptors (Lipinski definition) is 6. The van der Waals surface area contributed by atoms with Crippen molar-refractivity contribution in [3.63, 3.8) is 0 Å². The van der Waals surface area contributed by atoms with Crippen LogP contribution in [-0.4, -0.2) is 19.3 Å². The summed E-state index contributed by atoms with van der Waals surface area (Å²) in [5.74, 6) is -0.164. The molecule has 0 saturated heterocycles. The molecule has 0 unspecified atom stereocenters. The summed E-state index contributed by atoms with van der Waals surface area (Å²) in [6.45, 7) is 2.24. The first-order valence-corrected chi connectivity index (χ1v) is 10.00. The topological polar surface area (TPSA) is 75.8 Å². The Hall–Kier alpha value is -1.97. The molecule has 0 fully saturated rings. The SMILES string of the molecule is Cc1c2c(=O)n(-c3nc4ccccc4s3)nc-2cc([O-])n1Cc1cccs1.[Na+]. The van der Waals surface area contributed by atoms with Crippen LogP contribution < -0.4 is 40.2 Å². The second kappa shape index (κ2) is 7.46. The van der Waals surface area contributed by atoms with Gasteiger partial charge in [-0.05, 0) is 42.4 Å². The van der Waals surface area contributed by atoms with Crippen LogP contribution in [0.15, 0.2) is 52.6 Å². The van der Waals surface area contributed by atoms with Gasteiger partial charge < -0.3 is 9.67 Å². The maximum Gasteiger partial charge on any atom is 1.00 e. The fraction of sp³-hybridized carbons (Fsp3) is 0.105. The van der Waals surface area contributed by atoms with Crippen LogP contribution in [0, 0.1) is 6.92 Å². The van der Waals surface area contributed by atoms with Crippen LogP contribution in [-0.2, 0) is 6.54 Å². The average Bonchev–Trinajstić information content (AvgIpc) is 3.37. The molecule has 0 radical (unpaired) electrons. The molecule has 134 valence electrons. The van der Waals surface area contributed by atoms with Crippen LogP contribution in [0.4, 0.5) is 0 Å². The molecule has 0 saturated carbocycles. The fourth-order valence-electron chi connectivity index (χ4n) is 3.19. The molecule has 2 aliphatic rings. The van der Waals surface area contributed by atoms with E-state index in [9.17, 15) is 9.90 Å². The van der Waals surface area contributed by atoms with Crippen molar-refractivity contribution in [2.24, 2.45) is 0 Å². The van der Waals surface area contributed by atoms with Crippen LogP contribution in [0.2, 0.25) is 0 Å². The maximum atomic E-state index is 13.0. The van der Waals surface area contributed by atoms with Gasteiger partial charge in [0.05, 0.1) is 28.0 Å². The van der Waals surface area contributed by atoms with Crippen LogP contribution in [0.3, 0.4) is 0 Å². The standard InChI is InChI=1S/C19H14N4O2S2.Na/c1-11-17-14(9-16(24)22(11)10-12-5-4-8-26-12)21-23(18(17)25)19-20-13-6-2-3-7-15(13)27-19;/h2-9,24H,10H2,1H3;/q;+1/p-1. The van der Waals surface area contributed by atoms with Gasteiger partial charge in [0.25, 0.3) is 5.56 Å². The Bertz CT molecular complexity index is 1270. The van der Waals surface area contributed by atoms with E-state index < -0.39 is 0 Å². The van der Waals surface area contributed by atoms with Gasteiger partial charge in [-0.1, -0.05) is 29.5 Å². The molecule has 0 N–H and O–H groups in total. The molecule has 0 bridgehead atoms. The van der Waals surface area contributed by atoms with Gasteiger partial charge in [-0.2, -0.15) is 9.78 Å². The third-order valence-corrected chi connectivity index (χ3v) is 6.39. The second-order valence-electron chi connectivity index (χ2n) is 6.17. The molecule has 2 aromatic heterocycles. The third-order valence-electron chi connectivity index (χ3n) is 4.52. The van der Waals surface area contributed by atoms with Crippen molar-refractivity contribution >= 4 is 32.9 Å². The van der Waals surface area contributed by atoms with Crippen molar-refractivity contribution in [1.82, 2.24) is 19.3 Å². The van der Waals surface area contributed by atoms with E-state index in [0.29, 0.717) is 28.6 Å². The van der Waals surface area contributed by atoms with Crippen molar-refractivity contribution in [1.29, 1.82) is 0 Å². The summed E-state index contributed by atoms with van der Waals surface area (Å²) in [4.78, 5) is 18.6. The van der Waals surface area contributed by atoms with Gasteiger partial charge in [0.2, 0.25) is 5.13 Å². The summed E-state index contributed by atoms with van der Waals surface area (Å²) in [5, 5.41) is 19.4. The molecule has 0 amide bonds. The summed E-state index contributed by atoms with van der Waals surface area (Å²) in [6.07, 6.45) is 0. The first-order chi connectivity index (χ1) is 13.1. The van der Waals surface area contributed by atoms with E-state index in [4.69, 9.17) is 0 Å². The molecule has 9 heteroatoms. The van der Waals surface area contributed by atoms with E-state index in [1.54, 1.807) is 22.8 Å². The molecule has 0 spiro atoms. The Morgan fingerprint density at radius 3 is 2.75 bits per heavy atom. The zero-order valence-electron chi connectivity index (χ0n) is 15.2. The minimum atomic E-state index is -0.249. The Balaban J connectivity index is 0.00000192. The van der Waals surface area contributed by atoms with Crippen molar-refractivity contribution in [2.75, 3.05) is 0 Å². The van der Waals surface area contributed by atoms with Crippen LogP contribution in [0.5, 0.6) is 5.88 Å². The number of nitrogens with zero attached hydrogens (tertiary/aromatic N) is 4. The monoisotopic (exact) mass is 416 g/mol. The quantitative estimate of drug-likeness (QED) is 0.395. The Kier molecular flexibility index (Phi) is 5.15. The summed E-state index contributed by atoms with van der Waals surface area (Å²) >= 11 is 2.99. The molecule has 6 nitrogen and oxygen atoms in total. The second-order valence-corrected chi connectivity index (χ2v) is 8.22. The van der Waals surface area contributed by atoms with Gasteiger partial charge in [-0.15, -0.1) is 11.3 Å². The number of pyridine rings is 1. The molecular formula is C19H13N4NaO2S2. The summed E-state index contributed by atoms with van der Waals surface area (Å²) < 4.78 is 3.91. The zero-order valence-corrected chi connectivity index (χ0v) is 18.9. The Labute approximate surface area is 190 Å². The predicted molar refractivity (Wildman–Crippen MR) is 105 cm³/mol. The molecule has 4 heterocycles. The smallest absolute Gasteiger partial charge is 0.860 e. The predicted octanol–water partition coefficient (Wildman–Crippen LogP) is 0.244. The number of benzene rings is 1. The van der Waals surface area contributed by atoms with E-state index >= 15 is 0 Å². The molecule has 0 atom stereocenters. The van der Waals surface area contributed by atoms with Gasteiger partial charge >= 0.3 is 29.6 Å². The number of aromatic nitrogens is 4. The first kappa shape index (κ1) is 19.4. The molecule has 5 rings (SSSR count). The normalized spacial score (nSPS) is 11.2. The molecule has 1 aromatic carbocycles. The molecule has 28 heavy (non-hydrogen) atoms. The Morgan fingerprint density at radius 1 is 1.18 bits per heavy atom. The fourth-order valence-corrected chi connectivity index (χ4v) is 4.80. The number of para-hydroxylation sites is 1. The van der Waals surface area contributed by atoms with Gasteiger partial charge in [0, 0.05) is 10.6 Å². The summed E-state index contributed by atoms with van der Waals surface area (Å²) in [6, 6.07) is 13.1. The van der Waals surface area contributed by atoms with E-state index in [0.717, 1.165) is 15.1 Å². The van der Waals surface area contributed by atoms with Crippen molar-refractivity contribution < 1.29 is 34.7 Å². The average molecular weight is 416 g/mol. The molecule has 0 aliphatic carbocycles. The molecule has 2 aliphatic heterocycles. The molecule has 3 aromatic rings. The van der Waals surface area contributed by atoms with Gasteiger partial charge in [0.1, 0.15) is 0 Å². The van der Waals surface area contributed by atoms with Crippen LogP contribution in [0.25, 0.3) is 26.6 Å². The Morgan fingerprint density at radius 2 is 2.00 bits per heavy atom. The van der Waals surface area contributed by atoms with Crippen molar-refractivity contribution in [2.45, 2.75) is 13.5 Å².